The number of halogens is 1. The van der Waals surface area contributed by atoms with Crippen molar-refractivity contribution in [3.8, 4) is 0 Å². The van der Waals surface area contributed by atoms with Gasteiger partial charge in [0.05, 0.1) is 5.02 Å². The number of nitrogens with one attached hydrogen (secondary N) is 1. The summed E-state index contributed by atoms with van der Waals surface area (Å²) in [6, 6.07) is 1.01. The zero-order chi connectivity index (χ0) is 11.5. The summed E-state index contributed by atoms with van der Waals surface area (Å²) in [4.78, 5) is 3.74. The molecule has 15 heavy (non-hydrogen) atoms. The second-order valence-corrected chi connectivity index (χ2v) is 5.25. The highest BCUT2D eigenvalue weighted by Crippen LogP contribution is 2.13. The third kappa shape index (κ3) is 3.42. The number of nitrogens with zero attached hydrogens (tertiary/aromatic N) is 1. The first-order chi connectivity index (χ1) is 6.95. The lowest BCUT2D eigenvalue weighted by Gasteiger charge is -2.11. The molecule has 1 aromatic rings. The van der Waals surface area contributed by atoms with Gasteiger partial charge in [0.1, 0.15) is 4.90 Å². The van der Waals surface area contributed by atoms with Crippen LogP contribution in [0.2, 0.25) is 5.02 Å². The fourth-order valence-corrected chi connectivity index (χ4v) is 2.40. The quantitative estimate of drug-likeness (QED) is 0.807. The van der Waals surface area contributed by atoms with E-state index in [-0.39, 0.29) is 22.5 Å². The van der Waals surface area contributed by atoms with Gasteiger partial charge < -0.3 is 5.73 Å². The van der Waals surface area contributed by atoms with E-state index < -0.39 is 10.0 Å². The van der Waals surface area contributed by atoms with E-state index in [1.54, 1.807) is 6.92 Å². The van der Waals surface area contributed by atoms with Crippen LogP contribution in [0.15, 0.2) is 23.4 Å². The van der Waals surface area contributed by atoms with Crippen LogP contribution >= 0.6 is 11.6 Å². The van der Waals surface area contributed by atoms with Gasteiger partial charge in [-0.3, -0.25) is 4.98 Å². The van der Waals surface area contributed by atoms with Crippen molar-refractivity contribution in [2.75, 3.05) is 6.54 Å². The Kier molecular flexibility index (Phi) is 4.04. The van der Waals surface area contributed by atoms with Crippen LogP contribution in [0.3, 0.4) is 0 Å². The van der Waals surface area contributed by atoms with Gasteiger partial charge in [-0.15, -0.1) is 0 Å². The molecule has 0 aliphatic rings. The molecule has 7 heteroatoms. The number of nitrogens with two attached hydrogens (primary N) is 1. The summed E-state index contributed by atoms with van der Waals surface area (Å²) in [5.74, 6) is 0. The molecule has 0 aliphatic heterocycles. The van der Waals surface area contributed by atoms with Crippen molar-refractivity contribution in [3.63, 3.8) is 0 Å². The van der Waals surface area contributed by atoms with Gasteiger partial charge >= 0.3 is 0 Å². The maximum atomic E-state index is 11.7. The van der Waals surface area contributed by atoms with Crippen LogP contribution in [0.5, 0.6) is 0 Å². The van der Waals surface area contributed by atoms with Crippen molar-refractivity contribution in [2.24, 2.45) is 5.73 Å². The van der Waals surface area contributed by atoms with E-state index in [1.807, 2.05) is 0 Å². The lowest BCUT2D eigenvalue weighted by atomic mass is 10.4. The molecule has 0 amide bonds. The van der Waals surface area contributed by atoms with Gasteiger partial charge in [-0.1, -0.05) is 11.6 Å². The van der Waals surface area contributed by atoms with Gasteiger partial charge in [-0.05, 0) is 13.0 Å². The van der Waals surface area contributed by atoms with Gasteiger partial charge in [0.25, 0.3) is 0 Å². The molecule has 0 saturated heterocycles. The Morgan fingerprint density at radius 1 is 1.60 bits per heavy atom. The highest BCUT2D eigenvalue weighted by molar-refractivity contribution is 7.89. The predicted molar refractivity (Wildman–Crippen MR) is 58.1 cm³/mol. The van der Waals surface area contributed by atoms with Crippen molar-refractivity contribution >= 4 is 21.6 Å². The Bertz CT molecular complexity index is 435. The van der Waals surface area contributed by atoms with Crippen molar-refractivity contribution < 1.29 is 8.42 Å². The normalized spacial score (nSPS) is 13.8. The maximum Gasteiger partial charge on any atom is 0.242 e. The second-order valence-electron chi connectivity index (χ2n) is 3.10. The number of pyridine rings is 1. The van der Waals surface area contributed by atoms with Crippen LogP contribution < -0.4 is 10.5 Å². The van der Waals surface area contributed by atoms with Crippen molar-refractivity contribution in [1.29, 1.82) is 0 Å². The summed E-state index contributed by atoms with van der Waals surface area (Å²) in [7, 11) is -3.57. The summed E-state index contributed by atoms with van der Waals surface area (Å²) in [6.45, 7) is 1.91. The summed E-state index contributed by atoms with van der Waals surface area (Å²) in [5, 5.41) is 0.276. The van der Waals surface area contributed by atoms with E-state index in [9.17, 15) is 8.42 Å². The van der Waals surface area contributed by atoms with Gasteiger partial charge in [-0.2, -0.15) is 0 Å². The first kappa shape index (κ1) is 12.4. The molecule has 0 spiro atoms. The summed E-state index contributed by atoms with van der Waals surface area (Å²) in [6.07, 6.45) is 2.60. The van der Waals surface area contributed by atoms with E-state index in [2.05, 4.69) is 9.71 Å². The molecule has 1 aromatic heterocycles. The Hall–Kier alpha value is -0.690. The molecule has 1 atom stereocenters. The zero-order valence-corrected chi connectivity index (χ0v) is 9.72. The van der Waals surface area contributed by atoms with Crippen LogP contribution in [0, 0.1) is 0 Å². The number of rotatable bonds is 4. The molecule has 0 fully saturated rings. The number of sulfonamides is 1. The minimum atomic E-state index is -3.57. The van der Waals surface area contributed by atoms with E-state index in [1.165, 1.54) is 18.5 Å². The molecular weight excluding hydrogens is 238 g/mol. The van der Waals surface area contributed by atoms with Gasteiger partial charge in [0.15, 0.2) is 0 Å². The second kappa shape index (κ2) is 4.89. The predicted octanol–water partition coefficient (Wildman–Crippen LogP) is 0.361. The highest BCUT2D eigenvalue weighted by Gasteiger charge is 2.16. The van der Waals surface area contributed by atoms with Crippen molar-refractivity contribution in [3.05, 3.63) is 23.5 Å². The van der Waals surface area contributed by atoms with Crippen LogP contribution in [-0.2, 0) is 10.0 Å². The van der Waals surface area contributed by atoms with Crippen LogP contribution in [0.25, 0.3) is 0 Å². The molecule has 0 unspecified atom stereocenters. The minimum Gasteiger partial charge on any atom is -0.329 e. The smallest absolute Gasteiger partial charge is 0.242 e. The molecule has 0 saturated carbocycles. The number of hydrogen-bond acceptors (Lipinski definition) is 4. The average molecular weight is 250 g/mol. The topological polar surface area (TPSA) is 85.1 Å². The maximum absolute atomic E-state index is 11.7. The molecule has 1 rings (SSSR count). The Morgan fingerprint density at radius 3 is 2.80 bits per heavy atom. The van der Waals surface area contributed by atoms with Crippen LogP contribution in [0.1, 0.15) is 6.92 Å². The lowest BCUT2D eigenvalue weighted by molar-refractivity contribution is 0.562. The Morgan fingerprint density at radius 2 is 2.27 bits per heavy atom. The molecule has 1 heterocycles. The largest absolute Gasteiger partial charge is 0.329 e. The molecule has 5 nitrogen and oxygen atoms in total. The zero-order valence-electron chi connectivity index (χ0n) is 8.14. The molecule has 0 aliphatic carbocycles. The first-order valence-corrected chi connectivity index (χ1v) is 6.15. The van der Waals surface area contributed by atoms with E-state index in [0.717, 1.165) is 0 Å². The van der Waals surface area contributed by atoms with Gasteiger partial charge in [0.2, 0.25) is 10.0 Å². The highest BCUT2D eigenvalue weighted by atomic mass is 35.5. The minimum absolute atomic E-state index is 0.0373. The summed E-state index contributed by atoms with van der Waals surface area (Å²) >= 11 is 5.64. The summed E-state index contributed by atoms with van der Waals surface area (Å²) < 4.78 is 25.8. The molecule has 84 valence electrons. The Balaban J connectivity index is 2.96. The third-order valence-corrected chi connectivity index (χ3v) is 3.46. The van der Waals surface area contributed by atoms with Crippen molar-refractivity contribution in [1.82, 2.24) is 9.71 Å². The van der Waals surface area contributed by atoms with Crippen LogP contribution in [-0.4, -0.2) is 26.0 Å². The molecule has 3 N–H and O–H groups in total. The molecule has 0 radical (unpaired) electrons. The first-order valence-electron chi connectivity index (χ1n) is 4.28. The average Bonchev–Trinajstić information content (AvgIpc) is 2.17. The Labute approximate surface area is 93.7 Å². The van der Waals surface area contributed by atoms with Crippen LogP contribution in [0.4, 0.5) is 0 Å². The summed E-state index contributed by atoms with van der Waals surface area (Å²) in [5.41, 5.74) is 5.32. The lowest BCUT2D eigenvalue weighted by Crippen LogP contribution is -2.37. The fourth-order valence-electron chi connectivity index (χ4n) is 0.920. The molecular formula is C8H12ClN3O2S. The third-order valence-electron chi connectivity index (χ3n) is 1.70. The van der Waals surface area contributed by atoms with Gasteiger partial charge in [-0.25, -0.2) is 13.1 Å². The SMILES string of the molecule is C[C@H](CN)NS(=O)(=O)c1cncc(Cl)c1. The fraction of sp³-hybridized carbons (Fsp3) is 0.375. The van der Waals surface area contributed by atoms with Gasteiger partial charge in [0, 0.05) is 25.0 Å². The van der Waals surface area contributed by atoms with E-state index >= 15 is 0 Å². The molecule has 0 bridgehead atoms. The monoisotopic (exact) mass is 249 g/mol. The van der Waals surface area contributed by atoms with Crippen molar-refractivity contribution in [2.45, 2.75) is 17.9 Å². The number of hydrogen-bond donors (Lipinski definition) is 2. The number of aromatic nitrogens is 1. The van der Waals surface area contributed by atoms with E-state index in [0.29, 0.717) is 0 Å². The molecule has 0 aromatic carbocycles. The standard InChI is InChI=1S/C8H12ClN3O2S/c1-6(3-10)12-15(13,14)8-2-7(9)4-11-5-8/h2,4-6,12H,3,10H2,1H3/t6-/m1/s1. The van der Waals surface area contributed by atoms with E-state index in [4.69, 9.17) is 17.3 Å².